The number of nitrogens with zero attached hydrogens (tertiary/aromatic N) is 1. The fraction of sp³-hybridized carbons (Fsp3) is 0.238. The van der Waals surface area contributed by atoms with Gasteiger partial charge < -0.3 is 19.7 Å². The summed E-state index contributed by atoms with van der Waals surface area (Å²) in [6.07, 6.45) is 3.13. The van der Waals surface area contributed by atoms with Crippen molar-refractivity contribution in [3.63, 3.8) is 0 Å². The lowest BCUT2D eigenvalue weighted by Gasteiger charge is -2.12. The Balaban J connectivity index is 2.10. The van der Waals surface area contributed by atoms with Crippen LogP contribution in [-0.4, -0.2) is 43.9 Å². The molecule has 0 aliphatic carbocycles. The Bertz CT molecular complexity index is 865. The molecular weight excluding hydrogens is 376 g/mol. The van der Waals surface area contributed by atoms with Crippen molar-refractivity contribution in [1.29, 1.82) is 0 Å². The first-order valence-electron chi connectivity index (χ1n) is 8.72. The van der Waals surface area contributed by atoms with E-state index in [1.165, 1.54) is 11.0 Å². The van der Waals surface area contributed by atoms with Crippen LogP contribution in [-0.2, 0) is 4.79 Å². The molecule has 2 rings (SSSR count). The van der Waals surface area contributed by atoms with Crippen molar-refractivity contribution in [2.24, 2.45) is 0 Å². The van der Waals surface area contributed by atoms with E-state index in [4.69, 9.17) is 9.47 Å². The maximum absolute atomic E-state index is 12.3. The van der Waals surface area contributed by atoms with Gasteiger partial charge in [0.05, 0.1) is 19.4 Å². The van der Waals surface area contributed by atoms with E-state index in [-0.39, 0.29) is 11.1 Å². The molecule has 0 atom stereocenters. The van der Waals surface area contributed by atoms with E-state index in [9.17, 15) is 9.59 Å². The second-order valence-electron chi connectivity index (χ2n) is 5.92. The van der Waals surface area contributed by atoms with Gasteiger partial charge in [0.15, 0.2) is 11.5 Å². The summed E-state index contributed by atoms with van der Waals surface area (Å²) in [5, 5.41) is 2.70. The maximum Gasteiger partial charge on any atom is 0.286 e. The molecule has 0 saturated carbocycles. The molecule has 0 aromatic heterocycles. The lowest BCUT2D eigenvalue weighted by atomic mass is 10.2. The van der Waals surface area contributed by atoms with Crippen LogP contribution < -0.4 is 14.8 Å². The summed E-state index contributed by atoms with van der Waals surface area (Å²) in [5.74, 6) is 0.968. The molecule has 6 nitrogen and oxygen atoms in total. The highest BCUT2D eigenvalue weighted by Crippen LogP contribution is 2.30. The van der Waals surface area contributed by atoms with Crippen LogP contribution in [0.25, 0.3) is 6.08 Å². The second-order valence-corrected chi connectivity index (χ2v) is 6.92. The number of hydrogen-bond donors (Lipinski definition) is 1. The minimum absolute atomic E-state index is 0.112. The third-order valence-corrected chi connectivity index (χ3v) is 4.74. The van der Waals surface area contributed by atoms with Crippen LogP contribution in [0.15, 0.2) is 53.4 Å². The number of nitrogens with one attached hydrogen (secondary N) is 1. The van der Waals surface area contributed by atoms with Gasteiger partial charge in [-0.3, -0.25) is 9.59 Å². The van der Waals surface area contributed by atoms with Gasteiger partial charge in [0.25, 0.3) is 5.24 Å². The van der Waals surface area contributed by atoms with E-state index in [2.05, 4.69) is 5.32 Å². The first kappa shape index (κ1) is 21.4. The number of hydrogen-bond acceptors (Lipinski definition) is 5. The highest BCUT2D eigenvalue weighted by Gasteiger charge is 2.11. The lowest BCUT2D eigenvalue weighted by Crippen LogP contribution is -2.16. The largest absolute Gasteiger partial charge is 0.493 e. The van der Waals surface area contributed by atoms with Crippen LogP contribution in [0, 0.1) is 0 Å². The minimum atomic E-state index is -0.292. The van der Waals surface area contributed by atoms with Crippen molar-refractivity contribution in [3.8, 4) is 11.5 Å². The number of carbonyl (C=O) groups is 2. The van der Waals surface area contributed by atoms with Gasteiger partial charge in [-0.1, -0.05) is 18.2 Å². The summed E-state index contributed by atoms with van der Waals surface area (Å²) < 4.78 is 10.8. The molecule has 2 amide bonds. The predicted molar refractivity (Wildman–Crippen MR) is 113 cm³/mol. The Hall–Kier alpha value is -2.93. The SMILES string of the molecule is CCOc1cc(/C=C/C(=O)Nc2ccccc2SC(=O)N(C)C)ccc1OC. The van der Waals surface area contributed by atoms with Crippen LogP contribution >= 0.6 is 11.8 Å². The number of anilines is 1. The lowest BCUT2D eigenvalue weighted by molar-refractivity contribution is -0.111. The fourth-order valence-electron chi connectivity index (χ4n) is 2.26. The molecule has 0 saturated heterocycles. The monoisotopic (exact) mass is 400 g/mol. The zero-order valence-electron chi connectivity index (χ0n) is 16.4. The standard InChI is InChI=1S/C21H24N2O4S/c1-5-27-18-14-15(10-12-17(18)26-4)11-13-20(24)22-16-8-6-7-9-19(16)28-21(25)23(2)3/h6-14H,5H2,1-4H3,(H,22,24)/b13-11+. The van der Waals surface area contributed by atoms with E-state index < -0.39 is 0 Å². The number of para-hydroxylation sites is 1. The molecule has 0 radical (unpaired) electrons. The van der Waals surface area contributed by atoms with Gasteiger partial charge >= 0.3 is 0 Å². The molecule has 148 valence electrons. The van der Waals surface area contributed by atoms with Crippen molar-refractivity contribution in [1.82, 2.24) is 4.90 Å². The summed E-state index contributed by atoms with van der Waals surface area (Å²) in [7, 11) is 4.95. The molecule has 0 fully saturated rings. The molecule has 0 aliphatic heterocycles. The van der Waals surface area contributed by atoms with Gasteiger partial charge in [-0.15, -0.1) is 0 Å². The van der Waals surface area contributed by atoms with E-state index in [0.717, 1.165) is 17.3 Å². The summed E-state index contributed by atoms with van der Waals surface area (Å²) in [6.45, 7) is 2.41. The predicted octanol–water partition coefficient (Wildman–Crippen LogP) is 4.52. The summed E-state index contributed by atoms with van der Waals surface area (Å²) in [5.41, 5.74) is 1.40. The number of carbonyl (C=O) groups excluding carboxylic acids is 2. The molecule has 28 heavy (non-hydrogen) atoms. The number of methoxy groups -OCH3 is 1. The van der Waals surface area contributed by atoms with Crippen LogP contribution in [0.4, 0.5) is 10.5 Å². The van der Waals surface area contributed by atoms with Crippen LogP contribution in [0.1, 0.15) is 12.5 Å². The summed E-state index contributed by atoms with van der Waals surface area (Å²) >= 11 is 1.06. The Labute approximate surface area is 169 Å². The zero-order chi connectivity index (χ0) is 20.5. The van der Waals surface area contributed by atoms with E-state index >= 15 is 0 Å². The Kier molecular flexibility index (Phi) is 7.95. The molecule has 1 N–H and O–H groups in total. The van der Waals surface area contributed by atoms with E-state index in [1.54, 1.807) is 51.5 Å². The van der Waals surface area contributed by atoms with Crippen molar-refractivity contribution < 1.29 is 19.1 Å². The molecule has 2 aromatic rings. The highest BCUT2D eigenvalue weighted by molar-refractivity contribution is 8.13. The van der Waals surface area contributed by atoms with Gasteiger partial charge in [-0.2, -0.15) is 0 Å². The van der Waals surface area contributed by atoms with E-state index in [0.29, 0.717) is 28.7 Å². The van der Waals surface area contributed by atoms with Crippen molar-refractivity contribution in [3.05, 3.63) is 54.1 Å². The quantitative estimate of drug-likeness (QED) is 0.547. The van der Waals surface area contributed by atoms with Gasteiger partial charge in [0.1, 0.15) is 0 Å². The fourth-order valence-corrected chi connectivity index (χ4v) is 3.00. The van der Waals surface area contributed by atoms with Gasteiger partial charge in [-0.05, 0) is 54.6 Å². The Morgan fingerprint density at radius 3 is 2.57 bits per heavy atom. The Morgan fingerprint density at radius 1 is 1.14 bits per heavy atom. The molecule has 7 heteroatoms. The molecular formula is C21H24N2O4S. The summed E-state index contributed by atoms with van der Waals surface area (Å²) in [6, 6.07) is 12.6. The molecule has 0 heterocycles. The highest BCUT2D eigenvalue weighted by atomic mass is 32.2. The van der Waals surface area contributed by atoms with Crippen LogP contribution in [0.2, 0.25) is 0 Å². The number of thioether (sulfide) groups is 1. The number of ether oxygens (including phenoxy) is 2. The van der Waals surface area contributed by atoms with Gasteiger partial charge in [-0.25, -0.2) is 0 Å². The summed E-state index contributed by atoms with van der Waals surface area (Å²) in [4.78, 5) is 26.4. The second kappa shape index (κ2) is 10.4. The molecule has 0 spiro atoms. The average Bonchev–Trinajstić information content (AvgIpc) is 2.68. The van der Waals surface area contributed by atoms with Gasteiger partial charge in [0.2, 0.25) is 5.91 Å². The van der Waals surface area contributed by atoms with Gasteiger partial charge in [0, 0.05) is 25.1 Å². The zero-order valence-corrected chi connectivity index (χ0v) is 17.2. The maximum atomic E-state index is 12.3. The third kappa shape index (κ3) is 6.06. The first-order chi connectivity index (χ1) is 13.4. The first-order valence-corrected chi connectivity index (χ1v) is 9.54. The van der Waals surface area contributed by atoms with Crippen molar-refractivity contribution >= 4 is 34.7 Å². The minimum Gasteiger partial charge on any atom is -0.493 e. The smallest absolute Gasteiger partial charge is 0.286 e. The molecule has 2 aromatic carbocycles. The van der Waals surface area contributed by atoms with Crippen LogP contribution in [0.3, 0.4) is 0 Å². The van der Waals surface area contributed by atoms with Crippen molar-refractivity contribution in [2.45, 2.75) is 11.8 Å². The van der Waals surface area contributed by atoms with E-state index in [1.807, 2.05) is 25.1 Å². The van der Waals surface area contributed by atoms with Crippen LogP contribution in [0.5, 0.6) is 11.5 Å². The van der Waals surface area contributed by atoms with Crippen molar-refractivity contribution in [2.75, 3.05) is 33.1 Å². The molecule has 0 bridgehead atoms. The number of benzene rings is 2. The third-order valence-electron chi connectivity index (χ3n) is 3.62. The Morgan fingerprint density at radius 2 is 1.89 bits per heavy atom. The topological polar surface area (TPSA) is 67.9 Å². The molecule has 0 aliphatic rings. The average molecular weight is 401 g/mol. The molecule has 0 unspecified atom stereocenters. The number of rotatable bonds is 7. The normalized spacial score (nSPS) is 10.6. The number of amides is 2.